The third kappa shape index (κ3) is 4.70. The molecule has 8 aromatic carbocycles. The number of aromatic nitrogens is 4. The maximum atomic E-state index is 5.33. The SMILES string of the molecule is c1ccc(-c2ccc(-c3nc(-c4ccc(-n5c6ccccc6c6c7c(ccc65)ccn7-c5ccccc5)cc4)nc4ccccc34)c3ccccc23)cc1. The van der Waals surface area contributed by atoms with E-state index in [1.165, 1.54) is 54.6 Å². The molecule has 0 spiro atoms. The van der Waals surface area contributed by atoms with Crippen LogP contribution < -0.4 is 0 Å². The van der Waals surface area contributed by atoms with E-state index in [1.807, 2.05) is 0 Å². The van der Waals surface area contributed by atoms with E-state index in [9.17, 15) is 0 Å². The van der Waals surface area contributed by atoms with Crippen LogP contribution in [0.25, 0.3) is 99.5 Å². The van der Waals surface area contributed by atoms with Crippen molar-refractivity contribution in [2.45, 2.75) is 0 Å². The number of hydrogen-bond donors (Lipinski definition) is 0. The van der Waals surface area contributed by atoms with Gasteiger partial charge in [-0.2, -0.15) is 0 Å². The van der Waals surface area contributed by atoms with Crippen LogP contribution in [0, 0.1) is 0 Å². The van der Waals surface area contributed by atoms with Gasteiger partial charge in [-0.05, 0) is 82.6 Å². The van der Waals surface area contributed by atoms with Gasteiger partial charge in [0.1, 0.15) is 0 Å². The molecular weight excluding hydrogens is 657 g/mol. The predicted molar refractivity (Wildman–Crippen MR) is 225 cm³/mol. The first kappa shape index (κ1) is 30.3. The largest absolute Gasteiger partial charge is 0.316 e. The number of nitrogens with zero attached hydrogens (tertiary/aromatic N) is 4. The van der Waals surface area contributed by atoms with Crippen molar-refractivity contribution in [3.8, 4) is 45.1 Å². The average molecular weight is 689 g/mol. The van der Waals surface area contributed by atoms with E-state index in [4.69, 9.17) is 9.97 Å². The molecule has 0 aliphatic heterocycles. The highest BCUT2D eigenvalue weighted by Gasteiger charge is 2.19. The summed E-state index contributed by atoms with van der Waals surface area (Å²) >= 11 is 0. The third-order valence-electron chi connectivity index (χ3n) is 10.8. The average Bonchev–Trinajstić information content (AvgIpc) is 3.83. The summed E-state index contributed by atoms with van der Waals surface area (Å²) < 4.78 is 4.69. The lowest BCUT2D eigenvalue weighted by atomic mass is 9.93. The fourth-order valence-electron chi connectivity index (χ4n) is 8.31. The van der Waals surface area contributed by atoms with Crippen LogP contribution in [0.2, 0.25) is 0 Å². The number of fused-ring (bicyclic) bond motifs is 7. The molecule has 252 valence electrons. The van der Waals surface area contributed by atoms with Crippen LogP contribution in [0.5, 0.6) is 0 Å². The first-order valence-electron chi connectivity index (χ1n) is 18.3. The Morgan fingerprint density at radius 2 is 1.04 bits per heavy atom. The number of benzene rings is 8. The third-order valence-corrected chi connectivity index (χ3v) is 10.8. The lowest BCUT2D eigenvalue weighted by molar-refractivity contribution is 1.13. The monoisotopic (exact) mass is 688 g/mol. The van der Waals surface area contributed by atoms with Crippen LogP contribution in [0.15, 0.2) is 194 Å². The molecule has 0 fully saturated rings. The molecule has 0 aliphatic carbocycles. The summed E-state index contributed by atoms with van der Waals surface area (Å²) in [6.45, 7) is 0. The van der Waals surface area contributed by atoms with Gasteiger partial charge in [-0.15, -0.1) is 0 Å². The fourth-order valence-corrected chi connectivity index (χ4v) is 8.31. The van der Waals surface area contributed by atoms with Gasteiger partial charge in [-0.25, -0.2) is 9.97 Å². The Morgan fingerprint density at radius 3 is 1.83 bits per heavy atom. The maximum Gasteiger partial charge on any atom is 0.160 e. The smallest absolute Gasteiger partial charge is 0.160 e. The summed E-state index contributed by atoms with van der Waals surface area (Å²) in [7, 11) is 0. The molecule has 0 bridgehead atoms. The molecule has 11 rings (SSSR count). The molecule has 0 unspecified atom stereocenters. The predicted octanol–water partition coefficient (Wildman–Crippen LogP) is 12.8. The summed E-state index contributed by atoms with van der Waals surface area (Å²) in [6.07, 6.45) is 2.18. The minimum Gasteiger partial charge on any atom is -0.316 e. The van der Waals surface area contributed by atoms with E-state index in [0.717, 1.165) is 39.1 Å². The van der Waals surface area contributed by atoms with Gasteiger partial charge in [0.15, 0.2) is 5.82 Å². The Bertz CT molecular complexity index is 3190. The van der Waals surface area contributed by atoms with E-state index in [0.29, 0.717) is 5.82 Å². The Kier molecular flexibility index (Phi) is 6.82. The van der Waals surface area contributed by atoms with E-state index in [2.05, 4.69) is 203 Å². The van der Waals surface area contributed by atoms with Gasteiger partial charge in [0.25, 0.3) is 0 Å². The van der Waals surface area contributed by atoms with Crippen LogP contribution in [0.4, 0.5) is 0 Å². The van der Waals surface area contributed by atoms with Gasteiger partial charge < -0.3 is 9.13 Å². The Hall–Kier alpha value is -7.30. The van der Waals surface area contributed by atoms with Crippen molar-refractivity contribution < 1.29 is 0 Å². The first-order chi connectivity index (χ1) is 26.8. The van der Waals surface area contributed by atoms with Gasteiger partial charge in [0, 0.05) is 50.2 Å². The summed E-state index contributed by atoms with van der Waals surface area (Å²) in [5.41, 5.74) is 12.1. The highest BCUT2D eigenvalue weighted by atomic mass is 15.0. The molecule has 0 N–H and O–H groups in total. The van der Waals surface area contributed by atoms with Crippen molar-refractivity contribution in [2.75, 3.05) is 0 Å². The number of para-hydroxylation sites is 3. The zero-order valence-electron chi connectivity index (χ0n) is 29.3. The molecule has 0 aliphatic rings. The van der Waals surface area contributed by atoms with Crippen molar-refractivity contribution in [1.82, 2.24) is 19.1 Å². The molecule has 0 amide bonds. The van der Waals surface area contributed by atoms with Crippen LogP contribution >= 0.6 is 0 Å². The zero-order valence-corrected chi connectivity index (χ0v) is 29.3. The van der Waals surface area contributed by atoms with Crippen LogP contribution in [-0.2, 0) is 0 Å². The first-order valence-corrected chi connectivity index (χ1v) is 18.3. The van der Waals surface area contributed by atoms with Crippen LogP contribution in [0.1, 0.15) is 0 Å². The minimum atomic E-state index is 0.705. The van der Waals surface area contributed by atoms with Gasteiger partial charge in [-0.1, -0.05) is 127 Å². The summed E-state index contributed by atoms with van der Waals surface area (Å²) in [5.74, 6) is 0.705. The molecule has 0 saturated carbocycles. The van der Waals surface area contributed by atoms with Crippen LogP contribution in [0.3, 0.4) is 0 Å². The highest BCUT2D eigenvalue weighted by Crippen LogP contribution is 2.40. The Balaban J connectivity index is 1.07. The van der Waals surface area contributed by atoms with Crippen molar-refractivity contribution in [3.63, 3.8) is 0 Å². The molecule has 4 nitrogen and oxygen atoms in total. The molecule has 54 heavy (non-hydrogen) atoms. The molecule has 11 aromatic rings. The normalized spacial score (nSPS) is 11.7. The second-order valence-corrected chi connectivity index (χ2v) is 13.8. The summed E-state index contributed by atoms with van der Waals surface area (Å²) in [6, 6.07) is 66.8. The van der Waals surface area contributed by atoms with Crippen molar-refractivity contribution in [1.29, 1.82) is 0 Å². The van der Waals surface area contributed by atoms with E-state index in [1.54, 1.807) is 0 Å². The van der Waals surface area contributed by atoms with Crippen molar-refractivity contribution in [2.24, 2.45) is 0 Å². The summed E-state index contributed by atoms with van der Waals surface area (Å²) in [4.78, 5) is 10.4. The van der Waals surface area contributed by atoms with Gasteiger partial charge in [-0.3, -0.25) is 0 Å². The molecular formula is C50H32N4. The molecule has 3 heterocycles. The fraction of sp³-hybridized carbons (Fsp3) is 0. The van der Waals surface area contributed by atoms with Crippen molar-refractivity contribution in [3.05, 3.63) is 194 Å². The Morgan fingerprint density at radius 1 is 0.389 bits per heavy atom. The highest BCUT2D eigenvalue weighted by molar-refractivity contribution is 6.21. The standard InChI is InChI=1S/C50H32N4/c1-3-13-33(14-4-1)38-28-29-41(40-18-8-7-17-39(38)40)48-42-19-9-11-21-44(42)51-50(52-48)35-23-26-37(27-24-35)54-45-22-12-10-20-43(45)47-46(54)30-25-34-31-32-53(49(34)47)36-15-5-2-6-16-36/h1-32H. The number of hydrogen-bond acceptors (Lipinski definition) is 2. The maximum absolute atomic E-state index is 5.33. The second kappa shape index (κ2) is 12.1. The lowest BCUT2D eigenvalue weighted by Crippen LogP contribution is -1.97. The quantitative estimate of drug-likeness (QED) is 0.180. The van der Waals surface area contributed by atoms with Gasteiger partial charge in [0.2, 0.25) is 0 Å². The van der Waals surface area contributed by atoms with Gasteiger partial charge in [0.05, 0.1) is 27.8 Å². The molecule has 0 radical (unpaired) electrons. The molecule has 0 atom stereocenters. The molecule has 3 aromatic heterocycles. The number of rotatable bonds is 5. The van der Waals surface area contributed by atoms with Crippen LogP contribution in [-0.4, -0.2) is 19.1 Å². The molecule has 0 saturated heterocycles. The van der Waals surface area contributed by atoms with E-state index < -0.39 is 0 Å². The Labute approximate surface area is 311 Å². The van der Waals surface area contributed by atoms with Gasteiger partial charge >= 0.3 is 0 Å². The zero-order chi connectivity index (χ0) is 35.6. The molecule has 4 heteroatoms. The summed E-state index contributed by atoms with van der Waals surface area (Å²) in [5, 5.41) is 7.10. The lowest BCUT2D eigenvalue weighted by Gasteiger charge is -2.14. The van der Waals surface area contributed by atoms with E-state index >= 15 is 0 Å². The van der Waals surface area contributed by atoms with Crippen molar-refractivity contribution >= 4 is 54.4 Å². The minimum absolute atomic E-state index is 0.705. The van der Waals surface area contributed by atoms with E-state index in [-0.39, 0.29) is 0 Å². The second-order valence-electron chi connectivity index (χ2n) is 13.8. The topological polar surface area (TPSA) is 35.6 Å².